The highest BCUT2D eigenvalue weighted by atomic mass is 19.4. The molecular weight excluding hydrogens is 351 g/mol. The molecule has 0 fully saturated rings. The summed E-state index contributed by atoms with van der Waals surface area (Å²) in [6.45, 7) is 3.92. The van der Waals surface area contributed by atoms with E-state index in [2.05, 4.69) is 4.98 Å². The Hall–Kier alpha value is -3.33. The molecule has 3 rings (SSSR count). The molecule has 0 atom stereocenters. The Morgan fingerprint density at radius 3 is 2.19 bits per heavy atom. The van der Waals surface area contributed by atoms with E-state index in [1.54, 1.807) is 6.07 Å². The Morgan fingerprint density at radius 1 is 0.963 bits per heavy atom. The van der Waals surface area contributed by atoms with E-state index in [1.165, 1.54) is 12.1 Å². The van der Waals surface area contributed by atoms with Crippen molar-refractivity contribution in [2.24, 2.45) is 0 Å². The highest BCUT2D eigenvalue weighted by Gasteiger charge is 2.30. The zero-order chi connectivity index (χ0) is 19.8. The van der Waals surface area contributed by atoms with Crippen LogP contribution in [0.2, 0.25) is 0 Å². The minimum atomic E-state index is -4.42. The predicted molar refractivity (Wildman–Crippen MR) is 98.7 cm³/mol. The molecule has 0 saturated carbocycles. The molecule has 136 valence electrons. The molecule has 2 N–H and O–H groups in total. The lowest BCUT2D eigenvalue weighted by atomic mass is 9.96. The van der Waals surface area contributed by atoms with Gasteiger partial charge >= 0.3 is 6.18 Å². The Bertz CT molecular complexity index is 1050. The molecule has 3 nitrogen and oxygen atoms in total. The van der Waals surface area contributed by atoms with E-state index in [0.29, 0.717) is 16.8 Å². The third-order valence-corrected chi connectivity index (χ3v) is 4.34. The summed E-state index contributed by atoms with van der Waals surface area (Å²) < 4.78 is 38.4. The number of halogens is 3. The Morgan fingerprint density at radius 2 is 1.63 bits per heavy atom. The lowest BCUT2D eigenvalue weighted by molar-refractivity contribution is -0.137. The van der Waals surface area contributed by atoms with Crippen molar-refractivity contribution >= 4 is 5.82 Å². The average Bonchev–Trinajstić information content (AvgIpc) is 2.60. The van der Waals surface area contributed by atoms with Crippen LogP contribution in [0, 0.1) is 25.2 Å². The second-order valence-corrected chi connectivity index (χ2v) is 6.32. The third kappa shape index (κ3) is 3.63. The van der Waals surface area contributed by atoms with Crippen LogP contribution in [-0.4, -0.2) is 4.98 Å². The maximum absolute atomic E-state index is 12.8. The number of aromatic nitrogens is 1. The maximum Gasteiger partial charge on any atom is 0.416 e. The Labute approximate surface area is 154 Å². The molecule has 27 heavy (non-hydrogen) atoms. The standard InChI is InChI=1S/C21H16F3N3/c1-12-3-8-16(13(2)9-12)19-10-17(18(11-25)20(26)27-19)14-4-6-15(7-5-14)21(22,23)24/h3-10H,1-2H3,(H2,26,27). The predicted octanol–water partition coefficient (Wildman–Crippen LogP) is 5.51. The fourth-order valence-corrected chi connectivity index (χ4v) is 2.99. The van der Waals surface area contributed by atoms with Gasteiger partial charge in [0.2, 0.25) is 0 Å². The van der Waals surface area contributed by atoms with Crippen LogP contribution in [0.5, 0.6) is 0 Å². The van der Waals surface area contributed by atoms with Gasteiger partial charge in [0.1, 0.15) is 17.5 Å². The number of benzene rings is 2. The van der Waals surface area contributed by atoms with Crippen molar-refractivity contribution in [1.29, 1.82) is 5.26 Å². The first-order valence-electron chi connectivity index (χ1n) is 8.16. The van der Waals surface area contributed by atoms with E-state index in [9.17, 15) is 18.4 Å². The summed E-state index contributed by atoms with van der Waals surface area (Å²) in [5.41, 5.74) is 9.80. The topological polar surface area (TPSA) is 62.7 Å². The van der Waals surface area contributed by atoms with Gasteiger partial charge in [-0.3, -0.25) is 0 Å². The molecule has 0 amide bonds. The molecule has 1 heterocycles. The number of aryl methyl sites for hydroxylation is 2. The summed E-state index contributed by atoms with van der Waals surface area (Å²) in [4.78, 5) is 4.32. The van der Waals surface area contributed by atoms with Crippen molar-refractivity contribution in [3.05, 3.63) is 70.8 Å². The summed E-state index contributed by atoms with van der Waals surface area (Å²) in [5.74, 6) is 0.0462. The van der Waals surface area contributed by atoms with Crippen molar-refractivity contribution in [2.45, 2.75) is 20.0 Å². The number of nitrogens with two attached hydrogens (primary N) is 1. The van der Waals surface area contributed by atoms with E-state index in [0.717, 1.165) is 28.8 Å². The van der Waals surface area contributed by atoms with Gasteiger partial charge in [-0.15, -0.1) is 0 Å². The number of nitrogen functional groups attached to an aromatic ring is 1. The smallest absolute Gasteiger partial charge is 0.383 e. The highest BCUT2D eigenvalue weighted by molar-refractivity contribution is 5.81. The number of hydrogen-bond acceptors (Lipinski definition) is 3. The van der Waals surface area contributed by atoms with Crippen LogP contribution >= 0.6 is 0 Å². The number of nitrogens with zero attached hydrogens (tertiary/aromatic N) is 2. The fourth-order valence-electron chi connectivity index (χ4n) is 2.99. The minimum Gasteiger partial charge on any atom is -0.383 e. The molecule has 0 saturated heterocycles. The van der Waals surface area contributed by atoms with Crippen LogP contribution in [0.3, 0.4) is 0 Å². The van der Waals surface area contributed by atoms with Crippen molar-refractivity contribution in [3.63, 3.8) is 0 Å². The summed E-state index contributed by atoms with van der Waals surface area (Å²) in [7, 11) is 0. The second-order valence-electron chi connectivity index (χ2n) is 6.32. The van der Waals surface area contributed by atoms with Crippen LogP contribution in [-0.2, 0) is 6.18 Å². The largest absolute Gasteiger partial charge is 0.416 e. The van der Waals surface area contributed by atoms with Crippen LogP contribution in [0.4, 0.5) is 19.0 Å². The molecule has 0 bridgehead atoms. The number of rotatable bonds is 2. The maximum atomic E-state index is 12.8. The van der Waals surface area contributed by atoms with Gasteiger partial charge in [-0.05, 0) is 43.2 Å². The van der Waals surface area contributed by atoms with Gasteiger partial charge < -0.3 is 5.73 Å². The first kappa shape index (κ1) is 18.5. The number of anilines is 1. The summed E-state index contributed by atoms with van der Waals surface area (Å²) in [6, 6.07) is 14.2. The molecule has 6 heteroatoms. The zero-order valence-corrected chi connectivity index (χ0v) is 14.7. The van der Waals surface area contributed by atoms with Crippen molar-refractivity contribution in [2.75, 3.05) is 5.73 Å². The molecule has 1 aromatic heterocycles. The Balaban J connectivity index is 2.17. The third-order valence-electron chi connectivity index (χ3n) is 4.34. The molecular formula is C21H16F3N3. The molecule has 3 aromatic rings. The van der Waals surface area contributed by atoms with Gasteiger partial charge in [-0.2, -0.15) is 18.4 Å². The van der Waals surface area contributed by atoms with E-state index in [1.807, 2.05) is 38.1 Å². The van der Waals surface area contributed by atoms with Gasteiger partial charge in [-0.25, -0.2) is 4.98 Å². The summed E-state index contributed by atoms with van der Waals surface area (Å²) in [5, 5.41) is 9.45. The quantitative estimate of drug-likeness (QED) is 0.650. The number of nitriles is 1. The Kier molecular flexibility index (Phi) is 4.63. The molecule has 0 radical (unpaired) electrons. The number of hydrogen-bond donors (Lipinski definition) is 1. The molecule has 0 aliphatic heterocycles. The van der Waals surface area contributed by atoms with Crippen molar-refractivity contribution in [1.82, 2.24) is 4.98 Å². The first-order chi connectivity index (χ1) is 12.7. The van der Waals surface area contributed by atoms with E-state index >= 15 is 0 Å². The SMILES string of the molecule is Cc1ccc(-c2cc(-c3ccc(C(F)(F)F)cc3)c(C#N)c(N)n2)c(C)c1. The molecule has 0 spiro atoms. The summed E-state index contributed by atoms with van der Waals surface area (Å²) >= 11 is 0. The van der Waals surface area contributed by atoms with Gasteiger partial charge in [0.05, 0.1) is 11.3 Å². The number of alkyl halides is 3. The van der Waals surface area contributed by atoms with Crippen LogP contribution in [0.15, 0.2) is 48.5 Å². The average molecular weight is 367 g/mol. The fraction of sp³-hybridized carbons (Fsp3) is 0.143. The van der Waals surface area contributed by atoms with Gasteiger partial charge in [0.15, 0.2) is 0 Å². The van der Waals surface area contributed by atoms with E-state index in [-0.39, 0.29) is 11.4 Å². The minimum absolute atomic E-state index is 0.0462. The van der Waals surface area contributed by atoms with Gasteiger partial charge in [0.25, 0.3) is 0 Å². The lowest BCUT2D eigenvalue weighted by Crippen LogP contribution is -2.04. The van der Waals surface area contributed by atoms with Crippen molar-refractivity contribution in [3.8, 4) is 28.5 Å². The van der Waals surface area contributed by atoms with E-state index in [4.69, 9.17) is 5.73 Å². The van der Waals surface area contributed by atoms with Gasteiger partial charge in [-0.1, -0.05) is 35.9 Å². The second kappa shape index (κ2) is 6.76. The first-order valence-corrected chi connectivity index (χ1v) is 8.16. The molecule has 0 unspecified atom stereocenters. The molecule has 0 aliphatic rings. The normalized spacial score (nSPS) is 11.3. The van der Waals surface area contributed by atoms with Crippen LogP contribution in [0.1, 0.15) is 22.3 Å². The van der Waals surface area contributed by atoms with Gasteiger partial charge in [0, 0.05) is 11.1 Å². The van der Waals surface area contributed by atoms with E-state index < -0.39 is 11.7 Å². The summed E-state index contributed by atoms with van der Waals surface area (Å²) in [6.07, 6.45) is -4.42. The molecule has 0 aliphatic carbocycles. The number of pyridine rings is 1. The van der Waals surface area contributed by atoms with Crippen LogP contribution in [0.25, 0.3) is 22.4 Å². The van der Waals surface area contributed by atoms with Crippen LogP contribution < -0.4 is 5.73 Å². The highest BCUT2D eigenvalue weighted by Crippen LogP contribution is 2.35. The monoisotopic (exact) mass is 367 g/mol. The molecule has 2 aromatic carbocycles. The lowest BCUT2D eigenvalue weighted by Gasteiger charge is -2.13. The van der Waals surface area contributed by atoms with Crippen molar-refractivity contribution < 1.29 is 13.2 Å². The zero-order valence-electron chi connectivity index (χ0n) is 14.7.